The number of nitrogens with zero attached hydrogens (tertiary/aromatic N) is 1. The van der Waals surface area contributed by atoms with Gasteiger partial charge in [-0.3, -0.25) is 4.98 Å². The van der Waals surface area contributed by atoms with Crippen LogP contribution in [0.25, 0.3) is 0 Å². The van der Waals surface area contributed by atoms with Crippen molar-refractivity contribution in [1.29, 1.82) is 0 Å². The lowest BCUT2D eigenvalue weighted by atomic mass is 9.83. The first-order valence-electron chi connectivity index (χ1n) is 8.39. The van der Waals surface area contributed by atoms with Gasteiger partial charge in [-0.15, -0.1) is 0 Å². The Morgan fingerprint density at radius 1 is 1.30 bits per heavy atom. The average molecular weight is 272 g/mol. The molecule has 0 spiro atoms. The van der Waals surface area contributed by atoms with Crippen LogP contribution in [0, 0.1) is 17.8 Å². The van der Waals surface area contributed by atoms with Crippen molar-refractivity contribution in [2.75, 3.05) is 7.05 Å². The molecule has 0 radical (unpaired) electrons. The summed E-state index contributed by atoms with van der Waals surface area (Å²) in [5.41, 5.74) is 2.58. The summed E-state index contributed by atoms with van der Waals surface area (Å²) >= 11 is 0. The largest absolute Gasteiger partial charge is 0.317 e. The second-order valence-corrected chi connectivity index (χ2v) is 6.87. The number of hydrogen-bond acceptors (Lipinski definition) is 2. The van der Waals surface area contributed by atoms with Crippen LogP contribution >= 0.6 is 0 Å². The molecule has 0 saturated heterocycles. The minimum absolute atomic E-state index is 0.597. The van der Waals surface area contributed by atoms with Gasteiger partial charge >= 0.3 is 0 Å². The number of hydrogen-bond donors (Lipinski definition) is 1. The van der Waals surface area contributed by atoms with E-state index in [9.17, 15) is 0 Å². The molecule has 2 saturated carbocycles. The molecule has 2 aliphatic carbocycles. The molecular weight excluding hydrogens is 244 g/mol. The summed E-state index contributed by atoms with van der Waals surface area (Å²) in [5, 5.41) is 3.53. The lowest BCUT2D eigenvalue weighted by Crippen LogP contribution is -2.31. The predicted octanol–water partition coefficient (Wildman–Crippen LogP) is 3.60. The van der Waals surface area contributed by atoms with Gasteiger partial charge in [-0.1, -0.05) is 19.4 Å². The van der Waals surface area contributed by atoms with Gasteiger partial charge in [0.2, 0.25) is 0 Å². The molecule has 20 heavy (non-hydrogen) atoms. The number of aryl methyl sites for hydroxylation is 1. The topological polar surface area (TPSA) is 24.9 Å². The van der Waals surface area contributed by atoms with Gasteiger partial charge in [-0.2, -0.15) is 0 Å². The molecule has 110 valence electrons. The fraction of sp³-hybridized carbons (Fsp3) is 0.722. The zero-order valence-electron chi connectivity index (χ0n) is 12.9. The molecule has 0 aliphatic heterocycles. The predicted molar refractivity (Wildman–Crippen MR) is 83.7 cm³/mol. The second kappa shape index (κ2) is 6.26. The van der Waals surface area contributed by atoms with Crippen molar-refractivity contribution in [3.63, 3.8) is 0 Å². The van der Waals surface area contributed by atoms with Gasteiger partial charge in [0.1, 0.15) is 0 Å². The van der Waals surface area contributed by atoms with Crippen LogP contribution in [0.3, 0.4) is 0 Å². The molecule has 0 amide bonds. The zero-order valence-corrected chi connectivity index (χ0v) is 12.9. The smallest absolute Gasteiger partial charge is 0.0419 e. The van der Waals surface area contributed by atoms with E-state index in [-0.39, 0.29) is 0 Å². The standard InChI is InChI=1S/C18H28N2/c1-3-13-5-7-17(20-12-13)11-18(19-2)10-16-9-14-4-6-15(16)8-14/h5,7,12,14-16,18-19H,3-4,6,8-11H2,1-2H3. The Morgan fingerprint density at radius 3 is 2.75 bits per heavy atom. The van der Waals surface area contributed by atoms with Crippen LogP contribution in [-0.2, 0) is 12.8 Å². The minimum atomic E-state index is 0.597. The summed E-state index contributed by atoms with van der Waals surface area (Å²) in [6.07, 6.45) is 11.5. The Morgan fingerprint density at radius 2 is 2.20 bits per heavy atom. The molecule has 0 aromatic carbocycles. The maximum absolute atomic E-state index is 4.62. The number of nitrogens with one attached hydrogen (secondary N) is 1. The maximum Gasteiger partial charge on any atom is 0.0419 e. The van der Waals surface area contributed by atoms with E-state index >= 15 is 0 Å². The first-order chi connectivity index (χ1) is 9.78. The van der Waals surface area contributed by atoms with Gasteiger partial charge in [-0.05, 0) is 68.5 Å². The van der Waals surface area contributed by atoms with Crippen LogP contribution in [0.1, 0.15) is 50.3 Å². The third-order valence-corrected chi connectivity index (χ3v) is 5.63. The summed E-state index contributed by atoms with van der Waals surface area (Å²) in [6.45, 7) is 2.18. The first-order valence-corrected chi connectivity index (χ1v) is 8.39. The molecule has 4 unspecified atom stereocenters. The van der Waals surface area contributed by atoms with E-state index in [1.807, 2.05) is 6.20 Å². The van der Waals surface area contributed by atoms with Crippen LogP contribution in [0.5, 0.6) is 0 Å². The van der Waals surface area contributed by atoms with Crippen molar-refractivity contribution in [3.8, 4) is 0 Å². The summed E-state index contributed by atoms with van der Waals surface area (Å²) < 4.78 is 0. The van der Waals surface area contributed by atoms with Crippen molar-refractivity contribution in [2.45, 2.75) is 57.9 Å². The highest BCUT2D eigenvalue weighted by atomic mass is 14.9. The van der Waals surface area contributed by atoms with Crippen molar-refractivity contribution in [1.82, 2.24) is 10.3 Å². The number of rotatable bonds is 6. The van der Waals surface area contributed by atoms with Gasteiger partial charge in [0, 0.05) is 24.4 Å². The van der Waals surface area contributed by atoms with Crippen molar-refractivity contribution in [2.24, 2.45) is 17.8 Å². The van der Waals surface area contributed by atoms with E-state index in [2.05, 4.69) is 36.4 Å². The molecule has 1 heterocycles. The number of likely N-dealkylation sites (N-methyl/N-ethyl adjacent to an activating group) is 1. The van der Waals surface area contributed by atoms with E-state index in [0.29, 0.717) is 6.04 Å². The maximum atomic E-state index is 4.62. The van der Waals surface area contributed by atoms with Crippen molar-refractivity contribution < 1.29 is 0 Å². The first kappa shape index (κ1) is 14.1. The molecule has 2 bridgehead atoms. The SMILES string of the molecule is CCc1ccc(CC(CC2CC3CCC2C3)NC)nc1. The van der Waals surface area contributed by atoms with Crippen LogP contribution < -0.4 is 5.32 Å². The highest BCUT2D eigenvalue weighted by molar-refractivity contribution is 5.14. The zero-order chi connectivity index (χ0) is 13.9. The number of pyridine rings is 1. The lowest BCUT2D eigenvalue weighted by Gasteiger charge is -2.26. The van der Waals surface area contributed by atoms with E-state index in [0.717, 1.165) is 30.6 Å². The Bertz CT molecular complexity index is 426. The minimum Gasteiger partial charge on any atom is -0.317 e. The van der Waals surface area contributed by atoms with Crippen LogP contribution in [0.2, 0.25) is 0 Å². The Hall–Kier alpha value is -0.890. The summed E-state index contributed by atoms with van der Waals surface area (Å²) in [6, 6.07) is 5.04. The van der Waals surface area contributed by atoms with Crippen LogP contribution in [0.15, 0.2) is 18.3 Å². The number of aromatic nitrogens is 1. The lowest BCUT2D eigenvalue weighted by molar-refractivity contribution is 0.281. The highest BCUT2D eigenvalue weighted by Crippen LogP contribution is 2.49. The fourth-order valence-corrected chi connectivity index (χ4v) is 4.37. The monoisotopic (exact) mass is 272 g/mol. The highest BCUT2D eigenvalue weighted by Gasteiger charge is 2.39. The Labute approximate surface area is 123 Å². The third kappa shape index (κ3) is 3.06. The number of fused-ring (bicyclic) bond motifs is 2. The molecule has 2 aliphatic rings. The van der Waals surface area contributed by atoms with Gasteiger partial charge in [-0.25, -0.2) is 0 Å². The third-order valence-electron chi connectivity index (χ3n) is 5.63. The van der Waals surface area contributed by atoms with E-state index in [1.165, 1.54) is 43.4 Å². The molecule has 1 aromatic heterocycles. The summed E-state index contributed by atoms with van der Waals surface area (Å²) in [7, 11) is 2.11. The molecule has 3 rings (SSSR count). The molecule has 2 nitrogen and oxygen atoms in total. The second-order valence-electron chi connectivity index (χ2n) is 6.87. The normalized spacial score (nSPS) is 29.8. The molecule has 2 fully saturated rings. The van der Waals surface area contributed by atoms with E-state index < -0.39 is 0 Å². The van der Waals surface area contributed by atoms with E-state index in [1.54, 1.807) is 0 Å². The quantitative estimate of drug-likeness (QED) is 0.856. The molecule has 2 heteroatoms. The van der Waals surface area contributed by atoms with Gasteiger partial charge in [0.15, 0.2) is 0 Å². The van der Waals surface area contributed by atoms with Gasteiger partial charge in [0.25, 0.3) is 0 Å². The molecule has 1 aromatic rings. The van der Waals surface area contributed by atoms with E-state index in [4.69, 9.17) is 0 Å². The molecular formula is C18H28N2. The fourth-order valence-electron chi connectivity index (χ4n) is 4.37. The van der Waals surface area contributed by atoms with Crippen molar-refractivity contribution in [3.05, 3.63) is 29.6 Å². The average Bonchev–Trinajstić information content (AvgIpc) is 3.10. The van der Waals surface area contributed by atoms with Crippen LogP contribution in [0.4, 0.5) is 0 Å². The van der Waals surface area contributed by atoms with Gasteiger partial charge in [0.05, 0.1) is 0 Å². The van der Waals surface area contributed by atoms with Crippen LogP contribution in [-0.4, -0.2) is 18.1 Å². The summed E-state index contributed by atoms with van der Waals surface area (Å²) in [5.74, 6) is 3.07. The molecule has 4 atom stereocenters. The Balaban J connectivity index is 1.56. The van der Waals surface area contributed by atoms with Gasteiger partial charge < -0.3 is 5.32 Å². The Kier molecular flexibility index (Phi) is 4.40. The molecule has 1 N–H and O–H groups in total. The van der Waals surface area contributed by atoms with Crippen molar-refractivity contribution >= 4 is 0 Å². The summed E-state index contributed by atoms with van der Waals surface area (Å²) in [4.78, 5) is 4.62.